The topological polar surface area (TPSA) is 128 Å². The Bertz CT molecular complexity index is 1720. The van der Waals surface area contributed by atoms with Crippen LogP contribution in [-0.2, 0) is 0 Å². The number of anilines is 1. The molecule has 6 aromatic heterocycles. The molecule has 0 aliphatic heterocycles. The van der Waals surface area contributed by atoms with Gasteiger partial charge in [-0.25, -0.2) is 9.97 Å². The maximum atomic E-state index is 10.3. The summed E-state index contributed by atoms with van der Waals surface area (Å²) in [6, 6.07) is 11.9. The summed E-state index contributed by atoms with van der Waals surface area (Å²) in [6.45, 7) is 6.23. The van der Waals surface area contributed by atoms with E-state index in [9.17, 15) is 5.11 Å². The fourth-order valence-corrected chi connectivity index (χ4v) is 5.24. The van der Waals surface area contributed by atoms with Gasteiger partial charge in [-0.2, -0.15) is 5.10 Å². The first kappa shape index (κ1) is 23.3. The van der Waals surface area contributed by atoms with E-state index < -0.39 is 6.23 Å². The summed E-state index contributed by atoms with van der Waals surface area (Å²) in [5, 5.41) is 21.0. The molecule has 9 nitrogen and oxygen atoms in total. The van der Waals surface area contributed by atoms with Gasteiger partial charge in [-0.3, -0.25) is 15.1 Å². The van der Waals surface area contributed by atoms with Crippen LogP contribution in [0.25, 0.3) is 55.4 Å². The van der Waals surface area contributed by atoms with E-state index in [1.807, 2.05) is 24.3 Å². The molecular weight excluding hydrogens is 484 g/mol. The van der Waals surface area contributed by atoms with Crippen LogP contribution in [0, 0.1) is 12.8 Å². The summed E-state index contributed by atoms with van der Waals surface area (Å²) in [6.07, 6.45) is 5.26. The highest BCUT2D eigenvalue weighted by Crippen LogP contribution is 2.33. The lowest BCUT2D eigenvalue weighted by atomic mass is 10.1. The second-order valence-corrected chi connectivity index (χ2v) is 10.8. The van der Waals surface area contributed by atoms with Gasteiger partial charge in [0.1, 0.15) is 23.0 Å². The second kappa shape index (κ2) is 9.38. The number of hydrogen-bond donors (Lipinski definition) is 4. The number of nitrogens with one attached hydrogen (secondary N) is 3. The number of rotatable bonds is 7. The van der Waals surface area contributed by atoms with Gasteiger partial charge < -0.3 is 15.4 Å². The number of fused-ring (bicyclic) bond motifs is 2. The number of aliphatic hydroxyl groups excluding tert-OH is 1. The van der Waals surface area contributed by atoms with Crippen LogP contribution in [0.2, 0.25) is 0 Å². The normalized spacial score (nSPS) is 12.6. The van der Waals surface area contributed by atoms with E-state index in [4.69, 9.17) is 9.97 Å². The molecule has 0 saturated heterocycles. The van der Waals surface area contributed by atoms with Gasteiger partial charge in [0.25, 0.3) is 0 Å². The zero-order valence-electron chi connectivity index (χ0n) is 20.6. The molecule has 1 atom stereocenters. The number of aromatic amines is 2. The minimum absolute atomic E-state index is 0.377. The lowest BCUT2D eigenvalue weighted by molar-refractivity contribution is 0.176. The average Bonchev–Trinajstić information content (AvgIpc) is 3.60. The first-order valence-electron chi connectivity index (χ1n) is 12.1. The summed E-state index contributed by atoms with van der Waals surface area (Å²) < 4.78 is 0. The van der Waals surface area contributed by atoms with Gasteiger partial charge in [0.05, 0.1) is 33.5 Å². The van der Waals surface area contributed by atoms with E-state index in [2.05, 4.69) is 63.4 Å². The number of imidazole rings is 1. The Morgan fingerprint density at radius 2 is 1.86 bits per heavy atom. The highest BCUT2D eigenvalue weighted by molar-refractivity contribution is 7.15. The van der Waals surface area contributed by atoms with Crippen molar-refractivity contribution in [3.05, 3.63) is 59.9 Å². The van der Waals surface area contributed by atoms with Crippen molar-refractivity contribution in [2.75, 3.05) is 5.32 Å². The molecule has 186 valence electrons. The number of thiophene rings is 1. The standard InChI is InChI=1S/C27H26N8OS/c1-14(2)10-22(36)30-17-11-16(12-28-13-17)18-5-6-20-24(31-18)26(35-34-20)27-32-19-8-9-29-25(23(19)33-27)21-7-4-15(3)37-21/h4-9,11-14,22,30,36H,10H2,1-3H3,(H,32,33)(H,34,35). The number of pyridine rings is 3. The van der Waals surface area contributed by atoms with Crippen molar-refractivity contribution in [1.82, 2.24) is 35.1 Å². The Hall–Kier alpha value is -4.15. The van der Waals surface area contributed by atoms with Crippen molar-refractivity contribution in [1.29, 1.82) is 0 Å². The average molecular weight is 511 g/mol. The third-order valence-corrected chi connectivity index (χ3v) is 7.08. The van der Waals surface area contributed by atoms with Crippen LogP contribution >= 0.6 is 11.3 Å². The van der Waals surface area contributed by atoms with E-state index >= 15 is 0 Å². The van der Waals surface area contributed by atoms with Crippen molar-refractivity contribution in [3.8, 4) is 33.3 Å². The van der Waals surface area contributed by atoms with Crippen LogP contribution in [0.1, 0.15) is 25.1 Å². The minimum Gasteiger partial charge on any atom is -0.374 e. The van der Waals surface area contributed by atoms with E-state index in [1.54, 1.807) is 29.9 Å². The summed E-state index contributed by atoms with van der Waals surface area (Å²) in [4.78, 5) is 24.4. The Labute approximate surface area is 217 Å². The quantitative estimate of drug-likeness (QED) is 0.201. The summed E-state index contributed by atoms with van der Waals surface area (Å²) >= 11 is 1.69. The van der Waals surface area contributed by atoms with Crippen molar-refractivity contribution in [2.24, 2.45) is 5.92 Å². The molecule has 0 bridgehead atoms. The molecule has 4 N–H and O–H groups in total. The van der Waals surface area contributed by atoms with Crippen molar-refractivity contribution in [2.45, 2.75) is 33.4 Å². The smallest absolute Gasteiger partial charge is 0.161 e. The molecule has 6 heterocycles. The predicted octanol–water partition coefficient (Wildman–Crippen LogP) is 5.77. The van der Waals surface area contributed by atoms with Gasteiger partial charge in [0.15, 0.2) is 11.5 Å². The first-order valence-corrected chi connectivity index (χ1v) is 12.9. The van der Waals surface area contributed by atoms with Crippen molar-refractivity contribution < 1.29 is 5.11 Å². The molecule has 0 fully saturated rings. The largest absolute Gasteiger partial charge is 0.374 e. The number of nitrogens with zero attached hydrogens (tertiary/aromatic N) is 5. The van der Waals surface area contributed by atoms with E-state index in [-0.39, 0.29) is 0 Å². The molecule has 0 spiro atoms. The van der Waals surface area contributed by atoms with Crippen LogP contribution in [0.4, 0.5) is 5.69 Å². The first-order chi connectivity index (χ1) is 17.9. The number of aromatic nitrogens is 7. The van der Waals surface area contributed by atoms with Crippen LogP contribution in [0.15, 0.2) is 55.0 Å². The predicted molar refractivity (Wildman–Crippen MR) is 147 cm³/mol. The third-order valence-electron chi connectivity index (χ3n) is 6.07. The van der Waals surface area contributed by atoms with Gasteiger partial charge >= 0.3 is 0 Å². The van der Waals surface area contributed by atoms with Crippen LogP contribution in [-0.4, -0.2) is 46.5 Å². The SMILES string of the molecule is Cc1ccc(-c2nccc3[nH]c(-c4n[nH]c5ccc(-c6cncc(NC(O)CC(C)C)c6)nc45)nc23)s1. The Morgan fingerprint density at radius 1 is 1.00 bits per heavy atom. The fraction of sp³-hybridized carbons (Fsp3) is 0.222. The van der Waals surface area contributed by atoms with Gasteiger partial charge in [0.2, 0.25) is 0 Å². The van der Waals surface area contributed by atoms with Gasteiger partial charge in [0, 0.05) is 22.8 Å². The van der Waals surface area contributed by atoms with Crippen LogP contribution in [0.5, 0.6) is 0 Å². The van der Waals surface area contributed by atoms with Gasteiger partial charge in [-0.05, 0) is 55.7 Å². The molecule has 37 heavy (non-hydrogen) atoms. The van der Waals surface area contributed by atoms with E-state index in [1.165, 1.54) is 4.88 Å². The number of aryl methyl sites for hydroxylation is 1. The Morgan fingerprint density at radius 3 is 2.68 bits per heavy atom. The molecule has 0 radical (unpaired) electrons. The number of H-pyrrole nitrogens is 2. The van der Waals surface area contributed by atoms with Crippen LogP contribution in [0.3, 0.4) is 0 Å². The molecule has 0 aliphatic carbocycles. The van der Waals surface area contributed by atoms with Crippen molar-refractivity contribution in [3.63, 3.8) is 0 Å². The Kier molecular flexibility index (Phi) is 5.90. The molecule has 10 heteroatoms. The molecule has 0 saturated carbocycles. The molecule has 6 aromatic rings. The lowest BCUT2D eigenvalue weighted by Crippen LogP contribution is -2.20. The number of hydrogen-bond acceptors (Lipinski definition) is 8. The molecular formula is C27H26N8OS. The maximum Gasteiger partial charge on any atom is 0.161 e. The highest BCUT2D eigenvalue weighted by atomic mass is 32.1. The zero-order chi connectivity index (χ0) is 25.5. The maximum absolute atomic E-state index is 10.3. The summed E-state index contributed by atoms with van der Waals surface area (Å²) in [7, 11) is 0. The van der Waals surface area contributed by atoms with Crippen molar-refractivity contribution >= 4 is 39.1 Å². The number of aliphatic hydroxyl groups is 1. The molecule has 0 aromatic carbocycles. The van der Waals surface area contributed by atoms with Gasteiger partial charge in [-0.15, -0.1) is 11.3 Å². The Balaban J connectivity index is 1.37. The highest BCUT2D eigenvalue weighted by Gasteiger charge is 2.18. The zero-order valence-corrected chi connectivity index (χ0v) is 21.5. The molecule has 0 amide bonds. The third kappa shape index (κ3) is 4.56. The van der Waals surface area contributed by atoms with Crippen LogP contribution < -0.4 is 5.32 Å². The fourth-order valence-electron chi connectivity index (χ4n) is 4.37. The molecule has 0 aliphatic rings. The summed E-state index contributed by atoms with van der Waals surface area (Å²) in [5.41, 5.74) is 7.00. The second-order valence-electron chi connectivity index (χ2n) is 9.47. The van der Waals surface area contributed by atoms with E-state index in [0.717, 1.165) is 44.1 Å². The summed E-state index contributed by atoms with van der Waals surface area (Å²) in [5.74, 6) is 1.00. The van der Waals surface area contributed by atoms with Gasteiger partial charge in [-0.1, -0.05) is 13.8 Å². The lowest BCUT2D eigenvalue weighted by Gasteiger charge is -2.16. The molecule has 1 unspecified atom stereocenters. The minimum atomic E-state index is -0.640. The monoisotopic (exact) mass is 510 g/mol. The molecule has 6 rings (SSSR count). The van der Waals surface area contributed by atoms with E-state index in [0.29, 0.717) is 29.4 Å².